The molecule has 0 aliphatic heterocycles. The smallest absolute Gasteiger partial charge is 0.407 e. The average molecular weight is 451 g/mol. The molecule has 2 aliphatic carbocycles. The van der Waals surface area contributed by atoms with Gasteiger partial charge in [0.2, 0.25) is 5.91 Å². The number of ether oxygens (including phenoxy) is 1. The van der Waals surface area contributed by atoms with E-state index >= 15 is 0 Å². The molecular weight excluding hydrogens is 420 g/mol. The van der Waals surface area contributed by atoms with Crippen LogP contribution in [-0.2, 0) is 14.3 Å². The topological polar surface area (TPSA) is 105 Å². The van der Waals surface area contributed by atoms with E-state index in [4.69, 9.17) is 9.84 Å². The van der Waals surface area contributed by atoms with Crippen molar-refractivity contribution in [3.05, 3.63) is 59.7 Å². The number of benzene rings is 2. The Hall–Kier alpha value is -3.35. The lowest BCUT2D eigenvalue weighted by molar-refractivity contribution is -0.137. The van der Waals surface area contributed by atoms with E-state index in [1.807, 2.05) is 31.2 Å². The Kier molecular flexibility index (Phi) is 6.96. The quantitative estimate of drug-likeness (QED) is 0.506. The molecule has 1 fully saturated rings. The van der Waals surface area contributed by atoms with Crippen molar-refractivity contribution < 1.29 is 24.2 Å². The van der Waals surface area contributed by atoms with Gasteiger partial charge in [-0.15, -0.1) is 0 Å². The Labute approximate surface area is 193 Å². The molecule has 0 radical (unpaired) electrons. The van der Waals surface area contributed by atoms with Crippen molar-refractivity contribution >= 4 is 18.0 Å². The summed E-state index contributed by atoms with van der Waals surface area (Å²) in [5, 5.41) is 14.5. The Morgan fingerprint density at radius 2 is 1.61 bits per heavy atom. The molecule has 2 amide bonds. The maximum Gasteiger partial charge on any atom is 0.407 e. The van der Waals surface area contributed by atoms with Crippen LogP contribution >= 0.6 is 0 Å². The molecule has 0 aromatic heterocycles. The van der Waals surface area contributed by atoms with Crippen LogP contribution in [0.1, 0.15) is 56.1 Å². The highest BCUT2D eigenvalue weighted by atomic mass is 16.5. The van der Waals surface area contributed by atoms with Gasteiger partial charge in [-0.05, 0) is 41.0 Å². The SMILES string of the molecule is CCC(CC(=O)O)NC(=O)[C@H](CC1CC1)NC(=O)OCC1c2ccccc2-c2ccccc21. The van der Waals surface area contributed by atoms with Gasteiger partial charge in [-0.2, -0.15) is 0 Å². The van der Waals surface area contributed by atoms with Crippen molar-refractivity contribution in [1.82, 2.24) is 10.6 Å². The van der Waals surface area contributed by atoms with Crippen LogP contribution in [0.4, 0.5) is 4.79 Å². The largest absolute Gasteiger partial charge is 0.481 e. The molecule has 33 heavy (non-hydrogen) atoms. The highest BCUT2D eigenvalue weighted by molar-refractivity contribution is 5.86. The highest BCUT2D eigenvalue weighted by Crippen LogP contribution is 2.44. The number of amides is 2. The molecular formula is C26H30N2O5. The van der Waals surface area contributed by atoms with Gasteiger partial charge in [0.15, 0.2) is 0 Å². The molecule has 0 bridgehead atoms. The van der Waals surface area contributed by atoms with Gasteiger partial charge in [0, 0.05) is 12.0 Å². The van der Waals surface area contributed by atoms with Gasteiger partial charge in [-0.1, -0.05) is 68.3 Å². The number of carboxylic acids is 1. The van der Waals surface area contributed by atoms with Gasteiger partial charge in [0.25, 0.3) is 0 Å². The second-order valence-electron chi connectivity index (χ2n) is 8.91. The zero-order valence-corrected chi connectivity index (χ0v) is 18.8. The summed E-state index contributed by atoms with van der Waals surface area (Å²) in [7, 11) is 0. The van der Waals surface area contributed by atoms with E-state index in [1.54, 1.807) is 0 Å². The van der Waals surface area contributed by atoms with Crippen LogP contribution in [-0.4, -0.2) is 41.8 Å². The van der Waals surface area contributed by atoms with Crippen LogP contribution in [0.15, 0.2) is 48.5 Å². The molecule has 1 saturated carbocycles. The Morgan fingerprint density at radius 1 is 1.00 bits per heavy atom. The molecule has 2 aliphatic rings. The van der Waals surface area contributed by atoms with Gasteiger partial charge >= 0.3 is 12.1 Å². The number of aliphatic carboxylic acids is 1. The lowest BCUT2D eigenvalue weighted by atomic mass is 9.98. The fourth-order valence-electron chi connectivity index (χ4n) is 4.51. The maximum absolute atomic E-state index is 12.8. The minimum atomic E-state index is -0.967. The predicted octanol–water partition coefficient (Wildman–Crippen LogP) is 4.06. The fourth-order valence-corrected chi connectivity index (χ4v) is 4.51. The van der Waals surface area contributed by atoms with Gasteiger partial charge in [-0.25, -0.2) is 4.79 Å². The van der Waals surface area contributed by atoms with Crippen LogP contribution in [0.3, 0.4) is 0 Å². The van der Waals surface area contributed by atoms with Crippen LogP contribution in [0, 0.1) is 5.92 Å². The number of hydrogen-bond donors (Lipinski definition) is 3. The number of carbonyl (C=O) groups is 3. The lowest BCUT2D eigenvalue weighted by Crippen LogP contribution is -2.50. The van der Waals surface area contributed by atoms with Gasteiger partial charge in [-0.3, -0.25) is 9.59 Å². The summed E-state index contributed by atoms with van der Waals surface area (Å²) >= 11 is 0. The van der Waals surface area contributed by atoms with Crippen molar-refractivity contribution in [2.45, 2.75) is 57.0 Å². The number of nitrogens with one attached hydrogen (secondary N) is 2. The van der Waals surface area contributed by atoms with Crippen molar-refractivity contribution in [2.75, 3.05) is 6.61 Å². The Bertz CT molecular complexity index is 987. The highest BCUT2D eigenvalue weighted by Gasteiger charge is 2.33. The van der Waals surface area contributed by atoms with E-state index in [-0.39, 0.29) is 24.9 Å². The second-order valence-corrected chi connectivity index (χ2v) is 8.91. The first-order chi connectivity index (χ1) is 16.0. The Morgan fingerprint density at radius 3 is 2.15 bits per heavy atom. The van der Waals surface area contributed by atoms with E-state index < -0.39 is 24.1 Å². The number of fused-ring (bicyclic) bond motifs is 3. The number of alkyl carbamates (subject to hydrolysis) is 1. The number of rotatable bonds is 10. The van der Waals surface area contributed by atoms with Crippen LogP contribution in [0.25, 0.3) is 11.1 Å². The van der Waals surface area contributed by atoms with Crippen molar-refractivity contribution in [2.24, 2.45) is 5.92 Å². The molecule has 7 heteroatoms. The number of carboxylic acid groups (broad SMARTS) is 1. The van der Waals surface area contributed by atoms with Crippen molar-refractivity contribution in [1.29, 1.82) is 0 Å². The van der Waals surface area contributed by atoms with Gasteiger partial charge in [0.1, 0.15) is 12.6 Å². The van der Waals surface area contributed by atoms with Crippen molar-refractivity contribution in [3.63, 3.8) is 0 Å². The predicted molar refractivity (Wildman–Crippen MR) is 124 cm³/mol. The first kappa shape index (κ1) is 22.8. The van der Waals surface area contributed by atoms with Gasteiger partial charge in [0.05, 0.1) is 6.42 Å². The monoisotopic (exact) mass is 450 g/mol. The average Bonchev–Trinajstić information content (AvgIpc) is 3.57. The minimum absolute atomic E-state index is 0.0566. The van der Waals surface area contributed by atoms with E-state index in [1.165, 1.54) is 0 Å². The zero-order valence-electron chi connectivity index (χ0n) is 18.8. The molecule has 174 valence electrons. The van der Waals surface area contributed by atoms with Crippen LogP contribution in [0.5, 0.6) is 0 Å². The third kappa shape index (κ3) is 5.53. The molecule has 4 rings (SSSR count). The fraction of sp³-hybridized carbons (Fsp3) is 0.423. The molecule has 1 unspecified atom stereocenters. The molecule has 2 atom stereocenters. The van der Waals surface area contributed by atoms with Crippen molar-refractivity contribution in [3.8, 4) is 11.1 Å². The summed E-state index contributed by atoms with van der Waals surface area (Å²) < 4.78 is 5.59. The van der Waals surface area contributed by atoms with E-state index in [0.717, 1.165) is 35.1 Å². The molecule has 2 aromatic rings. The summed E-state index contributed by atoms with van der Waals surface area (Å²) in [4.78, 5) is 36.5. The number of carbonyl (C=O) groups excluding carboxylic acids is 2. The first-order valence-electron chi connectivity index (χ1n) is 11.6. The molecule has 0 spiro atoms. The molecule has 0 heterocycles. The third-order valence-electron chi connectivity index (χ3n) is 6.48. The first-order valence-corrected chi connectivity index (χ1v) is 11.6. The summed E-state index contributed by atoms with van der Waals surface area (Å²) in [5.74, 6) is -0.984. The summed E-state index contributed by atoms with van der Waals surface area (Å²) in [5.41, 5.74) is 4.55. The van der Waals surface area contributed by atoms with Crippen LogP contribution < -0.4 is 10.6 Å². The third-order valence-corrected chi connectivity index (χ3v) is 6.48. The molecule has 0 saturated heterocycles. The lowest BCUT2D eigenvalue weighted by Gasteiger charge is -2.22. The van der Waals surface area contributed by atoms with Crippen LogP contribution in [0.2, 0.25) is 0 Å². The van der Waals surface area contributed by atoms with E-state index in [2.05, 4.69) is 34.9 Å². The van der Waals surface area contributed by atoms with E-state index in [0.29, 0.717) is 18.8 Å². The summed E-state index contributed by atoms with van der Waals surface area (Å²) in [6, 6.07) is 15.0. The zero-order chi connectivity index (χ0) is 23.4. The Balaban J connectivity index is 1.39. The van der Waals surface area contributed by atoms with E-state index in [9.17, 15) is 14.4 Å². The number of hydrogen-bond acceptors (Lipinski definition) is 4. The summed E-state index contributed by atoms with van der Waals surface area (Å²) in [6.07, 6.45) is 2.30. The summed E-state index contributed by atoms with van der Waals surface area (Å²) in [6.45, 7) is 2.00. The molecule has 3 N–H and O–H groups in total. The molecule has 7 nitrogen and oxygen atoms in total. The second kappa shape index (κ2) is 10.1. The normalized spacial score (nSPS) is 16.3. The minimum Gasteiger partial charge on any atom is -0.481 e. The standard InChI is InChI=1S/C26H30N2O5/c1-2-17(14-24(29)30)27-25(31)23(13-16-11-12-16)28-26(32)33-15-22-20-9-5-3-7-18(20)19-8-4-6-10-21(19)22/h3-10,16-17,22-23H,2,11-15H2,1H3,(H,27,31)(H,28,32)(H,29,30)/t17?,23-/m0/s1. The van der Waals surface area contributed by atoms with Gasteiger partial charge < -0.3 is 20.5 Å². The molecule has 2 aromatic carbocycles. The maximum atomic E-state index is 12.8.